The summed E-state index contributed by atoms with van der Waals surface area (Å²) < 4.78 is 12.4. The van der Waals surface area contributed by atoms with Crippen LogP contribution in [0.25, 0.3) is 10.3 Å². The molecule has 154 valence electrons. The Hall–Kier alpha value is -2.14. The van der Waals surface area contributed by atoms with Crippen LogP contribution in [0.15, 0.2) is 9.13 Å². The minimum Gasteiger partial charge on any atom is -0.458 e. The van der Waals surface area contributed by atoms with Crippen LogP contribution in [0, 0.1) is 0 Å². The summed E-state index contributed by atoms with van der Waals surface area (Å²) in [5, 5.41) is 2.64. The standard InChI is InChI=1S/C17H24N4O5S2/c1-9(7-18-15(24)26-17(3,4)5)21-11(8-25-10(2)22)19-13-12(14(21)23)20-16(27-6)28-13/h9H,7-8H2,1-6H3,(H,18,24)/t9-/m1/s1. The zero-order valence-electron chi connectivity index (χ0n) is 16.7. The second-order valence-electron chi connectivity index (χ2n) is 7.05. The first-order valence-corrected chi connectivity index (χ1v) is 10.6. The SMILES string of the molecule is CSc1nc2c(=O)n([C@H](C)CNC(=O)OC(C)(C)C)c(COC(C)=O)nc2s1. The van der Waals surface area contributed by atoms with Crippen molar-refractivity contribution in [2.75, 3.05) is 12.8 Å². The summed E-state index contributed by atoms with van der Waals surface area (Å²) in [5.41, 5.74) is -0.716. The predicted octanol–water partition coefficient (Wildman–Crippen LogP) is 2.72. The minimum atomic E-state index is -0.625. The zero-order valence-corrected chi connectivity index (χ0v) is 18.3. The summed E-state index contributed by atoms with van der Waals surface area (Å²) >= 11 is 2.72. The van der Waals surface area contributed by atoms with Gasteiger partial charge in [0.2, 0.25) is 0 Å². The van der Waals surface area contributed by atoms with Crippen molar-refractivity contribution in [1.82, 2.24) is 19.9 Å². The average molecular weight is 429 g/mol. The molecule has 0 aliphatic carbocycles. The van der Waals surface area contributed by atoms with Crippen molar-refractivity contribution in [2.45, 2.75) is 57.2 Å². The van der Waals surface area contributed by atoms with Gasteiger partial charge in [0, 0.05) is 13.5 Å². The van der Waals surface area contributed by atoms with E-state index in [4.69, 9.17) is 9.47 Å². The highest BCUT2D eigenvalue weighted by Gasteiger charge is 2.21. The molecule has 0 aliphatic rings. The smallest absolute Gasteiger partial charge is 0.407 e. The van der Waals surface area contributed by atoms with Crippen molar-refractivity contribution in [2.24, 2.45) is 0 Å². The van der Waals surface area contributed by atoms with Gasteiger partial charge in [-0.2, -0.15) is 0 Å². The number of thiazole rings is 1. The molecule has 1 atom stereocenters. The normalized spacial score (nSPS) is 12.6. The summed E-state index contributed by atoms with van der Waals surface area (Å²) in [6, 6.07) is -0.457. The van der Waals surface area contributed by atoms with Gasteiger partial charge in [-0.3, -0.25) is 14.2 Å². The number of hydrogen-bond acceptors (Lipinski definition) is 9. The topological polar surface area (TPSA) is 112 Å². The number of ether oxygens (including phenoxy) is 2. The number of aromatic nitrogens is 3. The van der Waals surface area contributed by atoms with Gasteiger partial charge in [-0.05, 0) is 34.0 Å². The van der Waals surface area contributed by atoms with Crippen molar-refractivity contribution >= 4 is 45.5 Å². The number of nitrogens with zero attached hydrogens (tertiary/aromatic N) is 3. The lowest BCUT2D eigenvalue weighted by atomic mass is 10.2. The van der Waals surface area contributed by atoms with E-state index in [1.807, 2.05) is 6.26 Å². The van der Waals surface area contributed by atoms with Crippen LogP contribution in [-0.4, -0.2) is 45.0 Å². The maximum atomic E-state index is 13.0. The molecular weight excluding hydrogens is 404 g/mol. The molecule has 11 heteroatoms. The first-order chi connectivity index (χ1) is 13.0. The van der Waals surface area contributed by atoms with Crippen LogP contribution in [0.3, 0.4) is 0 Å². The van der Waals surface area contributed by atoms with E-state index in [1.54, 1.807) is 27.7 Å². The molecule has 2 aromatic rings. The van der Waals surface area contributed by atoms with Crippen molar-refractivity contribution in [3.63, 3.8) is 0 Å². The van der Waals surface area contributed by atoms with E-state index < -0.39 is 23.7 Å². The van der Waals surface area contributed by atoms with Gasteiger partial charge < -0.3 is 14.8 Å². The van der Waals surface area contributed by atoms with Gasteiger partial charge in [-0.25, -0.2) is 14.8 Å². The fourth-order valence-electron chi connectivity index (χ4n) is 2.36. The van der Waals surface area contributed by atoms with Gasteiger partial charge in [-0.1, -0.05) is 23.1 Å². The van der Waals surface area contributed by atoms with E-state index in [0.29, 0.717) is 10.7 Å². The number of rotatable bonds is 6. The number of carbonyl (C=O) groups is 2. The Morgan fingerprint density at radius 2 is 2.00 bits per heavy atom. The molecule has 0 aromatic carbocycles. The van der Waals surface area contributed by atoms with Crippen molar-refractivity contribution in [3.8, 4) is 0 Å². The van der Waals surface area contributed by atoms with E-state index in [-0.39, 0.29) is 24.2 Å². The van der Waals surface area contributed by atoms with E-state index in [2.05, 4.69) is 15.3 Å². The van der Waals surface area contributed by atoms with Crippen LogP contribution in [0.5, 0.6) is 0 Å². The third-order valence-electron chi connectivity index (χ3n) is 3.48. The Balaban J connectivity index is 2.34. The van der Waals surface area contributed by atoms with Crippen molar-refractivity contribution < 1.29 is 19.1 Å². The van der Waals surface area contributed by atoms with Crippen LogP contribution >= 0.6 is 23.1 Å². The molecule has 28 heavy (non-hydrogen) atoms. The molecule has 0 saturated carbocycles. The first-order valence-electron chi connectivity index (χ1n) is 8.58. The van der Waals surface area contributed by atoms with Crippen LogP contribution in [0.2, 0.25) is 0 Å². The Morgan fingerprint density at radius 3 is 2.57 bits per heavy atom. The summed E-state index contributed by atoms with van der Waals surface area (Å²) in [5.74, 6) is -0.183. The molecule has 1 N–H and O–H groups in total. The maximum absolute atomic E-state index is 13.0. The number of nitrogens with one attached hydrogen (secondary N) is 1. The second-order valence-corrected chi connectivity index (χ2v) is 9.08. The number of thioether (sulfide) groups is 1. The van der Waals surface area contributed by atoms with E-state index >= 15 is 0 Å². The minimum absolute atomic E-state index is 0.134. The molecule has 0 fully saturated rings. The lowest BCUT2D eigenvalue weighted by Gasteiger charge is -2.22. The maximum Gasteiger partial charge on any atom is 0.407 e. The van der Waals surface area contributed by atoms with Gasteiger partial charge in [0.15, 0.2) is 20.5 Å². The molecule has 0 saturated heterocycles. The fraction of sp³-hybridized carbons (Fsp3) is 0.588. The fourth-order valence-corrected chi connectivity index (χ4v) is 3.79. The molecule has 2 aromatic heterocycles. The largest absolute Gasteiger partial charge is 0.458 e. The van der Waals surface area contributed by atoms with Crippen LogP contribution in [0.1, 0.15) is 46.5 Å². The van der Waals surface area contributed by atoms with Gasteiger partial charge in [0.25, 0.3) is 5.56 Å². The zero-order chi connectivity index (χ0) is 21.1. The Labute approximate surface area is 170 Å². The predicted molar refractivity (Wildman–Crippen MR) is 108 cm³/mol. The number of alkyl carbamates (subject to hydrolysis) is 1. The molecule has 0 radical (unpaired) electrons. The van der Waals surface area contributed by atoms with E-state index in [0.717, 1.165) is 4.34 Å². The van der Waals surface area contributed by atoms with Crippen LogP contribution in [-0.2, 0) is 20.9 Å². The van der Waals surface area contributed by atoms with Gasteiger partial charge in [0.1, 0.15) is 12.2 Å². The third-order valence-corrected chi connectivity index (χ3v) is 5.41. The summed E-state index contributed by atoms with van der Waals surface area (Å²) in [6.45, 7) is 8.32. The van der Waals surface area contributed by atoms with Gasteiger partial charge >= 0.3 is 12.1 Å². The average Bonchev–Trinajstić information content (AvgIpc) is 3.00. The molecule has 2 heterocycles. The molecular formula is C17H24N4O5S2. The van der Waals surface area contributed by atoms with E-state index in [1.165, 1.54) is 34.6 Å². The second kappa shape index (κ2) is 8.91. The van der Waals surface area contributed by atoms with Crippen LogP contribution < -0.4 is 10.9 Å². The molecule has 9 nitrogen and oxygen atoms in total. The quantitative estimate of drug-likeness (QED) is 0.552. The monoisotopic (exact) mass is 428 g/mol. The number of fused-ring (bicyclic) bond motifs is 1. The highest BCUT2D eigenvalue weighted by atomic mass is 32.2. The molecule has 0 bridgehead atoms. The lowest BCUT2D eigenvalue weighted by Crippen LogP contribution is -2.38. The van der Waals surface area contributed by atoms with Crippen molar-refractivity contribution in [1.29, 1.82) is 0 Å². The Morgan fingerprint density at radius 1 is 1.32 bits per heavy atom. The number of hydrogen-bond donors (Lipinski definition) is 1. The molecule has 1 amide bonds. The van der Waals surface area contributed by atoms with Gasteiger partial charge in [0.05, 0.1) is 6.04 Å². The third kappa shape index (κ3) is 5.68. The molecule has 0 aliphatic heterocycles. The van der Waals surface area contributed by atoms with Gasteiger partial charge in [-0.15, -0.1) is 0 Å². The van der Waals surface area contributed by atoms with Crippen molar-refractivity contribution in [3.05, 3.63) is 16.2 Å². The number of amides is 1. The molecule has 0 unspecified atom stereocenters. The molecule has 0 spiro atoms. The number of carbonyl (C=O) groups excluding carboxylic acids is 2. The molecule has 2 rings (SSSR count). The van der Waals surface area contributed by atoms with Crippen LogP contribution in [0.4, 0.5) is 4.79 Å². The summed E-state index contributed by atoms with van der Waals surface area (Å²) in [6.07, 6.45) is 1.28. The first kappa shape index (κ1) is 22.2. The highest BCUT2D eigenvalue weighted by molar-refractivity contribution is 8.00. The Bertz CT molecular complexity index is 932. The number of esters is 1. The summed E-state index contributed by atoms with van der Waals surface area (Å²) in [7, 11) is 0. The lowest BCUT2D eigenvalue weighted by molar-refractivity contribution is -0.142. The summed E-state index contributed by atoms with van der Waals surface area (Å²) in [4.78, 5) is 45.4. The Kier molecular flexibility index (Phi) is 7.05. The highest BCUT2D eigenvalue weighted by Crippen LogP contribution is 2.25. The van der Waals surface area contributed by atoms with E-state index in [9.17, 15) is 14.4 Å².